The van der Waals surface area contributed by atoms with Gasteiger partial charge in [-0.2, -0.15) is 0 Å². The van der Waals surface area contributed by atoms with E-state index in [2.05, 4.69) is 15.3 Å². The maximum Gasteiger partial charge on any atom is 0.255 e. The molecule has 0 saturated carbocycles. The van der Waals surface area contributed by atoms with Crippen molar-refractivity contribution in [2.75, 3.05) is 5.32 Å². The summed E-state index contributed by atoms with van der Waals surface area (Å²) < 4.78 is 0. The summed E-state index contributed by atoms with van der Waals surface area (Å²) in [6.45, 7) is 1.89. The van der Waals surface area contributed by atoms with Crippen LogP contribution in [-0.4, -0.2) is 15.9 Å². The van der Waals surface area contributed by atoms with Gasteiger partial charge in [0.1, 0.15) is 0 Å². The maximum atomic E-state index is 12.2. The van der Waals surface area contributed by atoms with Gasteiger partial charge in [-0.15, -0.1) is 0 Å². The molecule has 3 rings (SSSR count). The first-order valence-electron chi connectivity index (χ1n) is 6.14. The quantitative estimate of drug-likeness (QED) is 0.704. The van der Waals surface area contributed by atoms with Crippen molar-refractivity contribution in [2.24, 2.45) is 0 Å². The van der Waals surface area contributed by atoms with Gasteiger partial charge in [0.15, 0.2) is 5.15 Å². The van der Waals surface area contributed by atoms with E-state index >= 15 is 0 Å². The van der Waals surface area contributed by atoms with E-state index in [1.54, 1.807) is 18.3 Å². The van der Waals surface area contributed by atoms with E-state index in [9.17, 15) is 4.79 Å². The number of aromatic nitrogens is 2. The second-order valence-electron chi connectivity index (χ2n) is 4.58. The number of pyridine rings is 1. The van der Waals surface area contributed by atoms with Gasteiger partial charge in [-0.1, -0.05) is 11.6 Å². The number of aryl methyl sites for hydroxylation is 1. The SMILES string of the molecule is Cc1cnc(Cl)c(NC(=O)c2ccc3[nH]ccc3c2)c1. The number of halogens is 1. The highest BCUT2D eigenvalue weighted by Crippen LogP contribution is 2.21. The number of anilines is 1. The number of H-pyrrole nitrogens is 1. The Balaban J connectivity index is 1.90. The number of benzene rings is 1. The fourth-order valence-corrected chi connectivity index (χ4v) is 2.18. The molecule has 2 N–H and O–H groups in total. The molecule has 5 heteroatoms. The van der Waals surface area contributed by atoms with E-state index in [0.29, 0.717) is 11.3 Å². The van der Waals surface area contributed by atoms with Crippen LogP contribution in [0.3, 0.4) is 0 Å². The van der Waals surface area contributed by atoms with Gasteiger partial charge >= 0.3 is 0 Å². The predicted octanol–water partition coefficient (Wildman–Crippen LogP) is 3.78. The molecule has 3 aromatic rings. The molecular weight excluding hydrogens is 274 g/mol. The first-order valence-corrected chi connectivity index (χ1v) is 6.52. The van der Waals surface area contributed by atoms with Crippen molar-refractivity contribution in [3.05, 3.63) is 59.0 Å². The fourth-order valence-electron chi connectivity index (χ4n) is 2.03. The van der Waals surface area contributed by atoms with Gasteiger partial charge in [0.2, 0.25) is 0 Å². The topological polar surface area (TPSA) is 57.8 Å². The molecule has 0 aliphatic carbocycles. The van der Waals surface area contributed by atoms with Crippen molar-refractivity contribution in [2.45, 2.75) is 6.92 Å². The monoisotopic (exact) mass is 285 g/mol. The van der Waals surface area contributed by atoms with Crippen molar-refractivity contribution < 1.29 is 4.79 Å². The highest BCUT2D eigenvalue weighted by molar-refractivity contribution is 6.32. The third-order valence-corrected chi connectivity index (χ3v) is 3.34. The summed E-state index contributed by atoms with van der Waals surface area (Å²) in [4.78, 5) is 19.3. The lowest BCUT2D eigenvalue weighted by atomic mass is 10.1. The van der Waals surface area contributed by atoms with Crippen LogP contribution in [0.25, 0.3) is 10.9 Å². The molecule has 0 unspecified atom stereocenters. The zero-order chi connectivity index (χ0) is 14.1. The van der Waals surface area contributed by atoms with Crippen molar-refractivity contribution in [3.63, 3.8) is 0 Å². The van der Waals surface area contributed by atoms with E-state index in [1.807, 2.05) is 31.3 Å². The van der Waals surface area contributed by atoms with Gasteiger partial charge in [0, 0.05) is 28.9 Å². The van der Waals surface area contributed by atoms with Crippen LogP contribution in [0.1, 0.15) is 15.9 Å². The molecular formula is C15H12ClN3O. The third-order valence-electron chi connectivity index (χ3n) is 3.04. The van der Waals surface area contributed by atoms with Crippen molar-refractivity contribution in [1.82, 2.24) is 9.97 Å². The van der Waals surface area contributed by atoms with E-state index in [0.717, 1.165) is 16.5 Å². The highest BCUT2D eigenvalue weighted by atomic mass is 35.5. The zero-order valence-electron chi connectivity index (χ0n) is 10.8. The molecule has 2 heterocycles. The van der Waals surface area contributed by atoms with Gasteiger partial charge in [0.05, 0.1) is 5.69 Å². The minimum absolute atomic E-state index is 0.206. The van der Waals surface area contributed by atoms with Crippen LogP contribution in [0, 0.1) is 6.92 Å². The summed E-state index contributed by atoms with van der Waals surface area (Å²) in [5, 5.41) is 4.06. The Labute approximate surface area is 120 Å². The minimum Gasteiger partial charge on any atom is -0.361 e. The van der Waals surface area contributed by atoms with Crippen LogP contribution in [0.4, 0.5) is 5.69 Å². The summed E-state index contributed by atoms with van der Waals surface area (Å²) in [6, 6.07) is 9.19. The Morgan fingerprint density at radius 2 is 2.15 bits per heavy atom. The number of hydrogen-bond donors (Lipinski definition) is 2. The lowest BCUT2D eigenvalue weighted by Gasteiger charge is -2.07. The molecule has 2 aromatic heterocycles. The lowest BCUT2D eigenvalue weighted by Crippen LogP contribution is -2.12. The second kappa shape index (κ2) is 4.98. The number of amides is 1. The van der Waals surface area contributed by atoms with E-state index in [1.165, 1.54) is 0 Å². The zero-order valence-corrected chi connectivity index (χ0v) is 11.5. The Kier molecular flexibility index (Phi) is 3.16. The number of aromatic amines is 1. The van der Waals surface area contributed by atoms with Gasteiger partial charge < -0.3 is 10.3 Å². The van der Waals surface area contributed by atoms with Gasteiger partial charge in [-0.05, 0) is 42.8 Å². The molecule has 0 radical (unpaired) electrons. The lowest BCUT2D eigenvalue weighted by molar-refractivity contribution is 0.102. The largest absolute Gasteiger partial charge is 0.361 e. The molecule has 0 aliphatic rings. The number of rotatable bonds is 2. The average Bonchev–Trinajstić information content (AvgIpc) is 2.90. The molecule has 20 heavy (non-hydrogen) atoms. The summed E-state index contributed by atoms with van der Waals surface area (Å²) in [7, 11) is 0. The smallest absolute Gasteiger partial charge is 0.255 e. The number of nitrogens with one attached hydrogen (secondary N) is 2. The molecule has 0 fully saturated rings. The molecule has 1 aromatic carbocycles. The van der Waals surface area contributed by atoms with Crippen LogP contribution < -0.4 is 5.32 Å². The van der Waals surface area contributed by atoms with E-state index in [-0.39, 0.29) is 11.1 Å². The van der Waals surface area contributed by atoms with E-state index in [4.69, 9.17) is 11.6 Å². The average molecular weight is 286 g/mol. The number of carbonyl (C=O) groups excluding carboxylic acids is 1. The van der Waals surface area contributed by atoms with Crippen molar-refractivity contribution in [1.29, 1.82) is 0 Å². The van der Waals surface area contributed by atoms with E-state index < -0.39 is 0 Å². The third kappa shape index (κ3) is 2.38. The van der Waals surface area contributed by atoms with Crippen molar-refractivity contribution in [3.8, 4) is 0 Å². The second-order valence-corrected chi connectivity index (χ2v) is 4.94. The summed E-state index contributed by atoms with van der Waals surface area (Å²) in [5.74, 6) is -0.206. The summed E-state index contributed by atoms with van der Waals surface area (Å²) in [5.41, 5.74) is 3.03. The molecule has 0 saturated heterocycles. The Morgan fingerprint density at radius 1 is 1.30 bits per heavy atom. The molecule has 100 valence electrons. The minimum atomic E-state index is -0.206. The number of hydrogen-bond acceptors (Lipinski definition) is 2. The molecule has 0 spiro atoms. The van der Waals surface area contributed by atoms with Crippen LogP contribution in [0.5, 0.6) is 0 Å². The predicted molar refractivity (Wildman–Crippen MR) is 80.2 cm³/mol. The van der Waals surface area contributed by atoms with Gasteiger partial charge in [0.25, 0.3) is 5.91 Å². The summed E-state index contributed by atoms with van der Waals surface area (Å²) >= 11 is 5.97. The van der Waals surface area contributed by atoms with Crippen LogP contribution in [-0.2, 0) is 0 Å². The Hall–Kier alpha value is -2.33. The fraction of sp³-hybridized carbons (Fsp3) is 0.0667. The summed E-state index contributed by atoms with van der Waals surface area (Å²) in [6.07, 6.45) is 3.50. The van der Waals surface area contributed by atoms with Crippen LogP contribution >= 0.6 is 11.6 Å². The molecule has 4 nitrogen and oxygen atoms in total. The normalized spacial score (nSPS) is 10.7. The van der Waals surface area contributed by atoms with Gasteiger partial charge in [-0.25, -0.2) is 4.98 Å². The molecule has 0 aliphatic heterocycles. The van der Waals surface area contributed by atoms with Crippen molar-refractivity contribution >= 4 is 34.1 Å². The Morgan fingerprint density at radius 3 is 3.00 bits per heavy atom. The maximum absolute atomic E-state index is 12.2. The number of nitrogens with zero attached hydrogens (tertiary/aromatic N) is 1. The van der Waals surface area contributed by atoms with Crippen LogP contribution in [0.2, 0.25) is 5.15 Å². The van der Waals surface area contributed by atoms with Crippen LogP contribution in [0.15, 0.2) is 42.7 Å². The van der Waals surface area contributed by atoms with Gasteiger partial charge in [-0.3, -0.25) is 4.79 Å². The number of carbonyl (C=O) groups is 1. The molecule has 1 amide bonds. The number of fused-ring (bicyclic) bond motifs is 1. The molecule has 0 atom stereocenters. The first kappa shape index (κ1) is 12.7. The standard InChI is InChI=1S/C15H12ClN3O/c1-9-6-13(14(16)18-8-9)19-15(20)11-2-3-12-10(7-11)4-5-17-12/h2-8,17H,1H3,(H,19,20). The first-order chi connectivity index (χ1) is 9.63. The Bertz CT molecular complexity index is 795. The highest BCUT2D eigenvalue weighted by Gasteiger charge is 2.10. The molecule has 0 bridgehead atoms.